The topological polar surface area (TPSA) is 83.4 Å². The molecule has 1 aliphatic heterocycles. The Morgan fingerprint density at radius 3 is 2.40 bits per heavy atom. The molecule has 128 valence electrons. The molecule has 25 heavy (non-hydrogen) atoms. The quantitative estimate of drug-likeness (QED) is 0.788. The first-order valence-corrected chi connectivity index (χ1v) is 8.22. The summed E-state index contributed by atoms with van der Waals surface area (Å²) < 4.78 is 17.3. The zero-order valence-electron chi connectivity index (χ0n) is 13.9. The van der Waals surface area contributed by atoms with Gasteiger partial charge in [0, 0.05) is 11.1 Å². The number of nitrogens with two attached hydrogens (primary N) is 1. The van der Waals surface area contributed by atoms with Gasteiger partial charge in [-0.3, -0.25) is 0 Å². The van der Waals surface area contributed by atoms with E-state index in [-0.39, 0.29) is 11.9 Å². The van der Waals surface area contributed by atoms with Gasteiger partial charge in [0.2, 0.25) is 11.7 Å². The number of benzene rings is 2. The molecule has 6 heteroatoms. The van der Waals surface area contributed by atoms with Gasteiger partial charge in [-0.1, -0.05) is 48.5 Å². The van der Waals surface area contributed by atoms with E-state index in [0.29, 0.717) is 19.1 Å². The summed E-state index contributed by atoms with van der Waals surface area (Å²) in [6.07, 6.45) is 0. The molecule has 1 atom stereocenters. The normalized spacial score (nSPS) is 17.5. The molecule has 1 fully saturated rings. The van der Waals surface area contributed by atoms with Crippen LogP contribution in [0, 0.1) is 0 Å². The van der Waals surface area contributed by atoms with E-state index >= 15 is 0 Å². The van der Waals surface area contributed by atoms with Crippen LogP contribution in [0.5, 0.6) is 0 Å². The van der Waals surface area contributed by atoms with Crippen molar-refractivity contribution in [2.75, 3.05) is 18.9 Å². The van der Waals surface area contributed by atoms with Gasteiger partial charge in [-0.2, -0.15) is 4.98 Å². The van der Waals surface area contributed by atoms with Crippen molar-refractivity contribution in [2.24, 2.45) is 0 Å². The first kappa shape index (κ1) is 15.8. The maximum atomic E-state index is 6.06. The van der Waals surface area contributed by atoms with Gasteiger partial charge in [-0.05, 0) is 23.7 Å². The highest BCUT2D eigenvalue weighted by atomic mass is 16.7. The standard InChI is InChI=1S/C19H19N3O3/c1-13(17-21-18(20)22-25-17)14-6-5-9-16(12-14)19(23-10-11-24-19)15-7-3-2-4-8-15/h2-9,12-13H,10-11H2,1H3,(H2,20,22). The van der Waals surface area contributed by atoms with Gasteiger partial charge >= 0.3 is 0 Å². The summed E-state index contributed by atoms with van der Waals surface area (Å²) in [4.78, 5) is 4.13. The van der Waals surface area contributed by atoms with Gasteiger partial charge in [-0.25, -0.2) is 0 Å². The summed E-state index contributed by atoms with van der Waals surface area (Å²) in [5.74, 6) is -0.345. The number of ether oxygens (including phenoxy) is 2. The number of aromatic nitrogens is 2. The molecule has 1 aromatic heterocycles. The van der Waals surface area contributed by atoms with E-state index in [1.54, 1.807) is 0 Å². The van der Waals surface area contributed by atoms with Crippen LogP contribution in [-0.4, -0.2) is 23.4 Å². The van der Waals surface area contributed by atoms with Crippen molar-refractivity contribution in [1.82, 2.24) is 10.1 Å². The molecule has 2 aromatic carbocycles. The molecule has 2 heterocycles. The van der Waals surface area contributed by atoms with Crippen LogP contribution in [0.1, 0.15) is 35.4 Å². The van der Waals surface area contributed by atoms with Gasteiger partial charge < -0.3 is 19.7 Å². The van der Waals surface area contributed by atoms with E-state index in [0.717, 1.165) is 16.7 Å². The Morgan fingerprint density at radius 2 is 1.72 bits per heavy atom. The number of nitrogens with zero attached hydrogens (tertiary/aromatic N) is 2. The average Bonchev–Trinajstić information content (AvgIpc) is 3.32. The molecular formula is C19H19N3O3. The third-order valence-electron chi connectivity index (χ3n) is 4.44. The lowest BCUT2D eigenvalue weighted by Crippen LogP contribution is -2.28. The highest BCUT2D eigenvalue weighted by Crippen LogP contribution is 2.39. The molecule has 1 unspecified atom stereocenters. The monoisotopic (exact) mass is 337 g/mol. The summed E-state index contributed by atoms with van der Waals surface area (Å²) >= 11 is 0. The van der Waals surface area contributed by atoms with Gasteiger partial charge in [0.15, 0.2) is 0 Å². The van der Waals surface area contributed by atoms with Gasteiger partial charge in [0.1, 0.15) is 0 Å². The second kappa shape index (κ2) is 6.31. The Morgan fingerprint density at radius 1 is 1.00 bits per heavy atom. The van der Waals surface area contributed by atoms with E-state index in [1.807, 2.05) is 55.5 Å². The molecule has 6 nitrogen and oxygen atoms in total. The molecule has 1 aliphatic rings. The fraction of sp³-hybridized carbons (Fsp3) is 0.263. The fourth-order valence-corrected chi connectivity index (χ4v) is 3.15. The Kier molecular flexibility index (Phi) is 3.99. The molecule has 4 rings (SSSR count). The van der Waals surface area contributed by atoms with Crippen LogP contribution in [0.3, 0.4) is 0 Å². The first-order chi connectivity index (χ1) is 12.2. The Hall–Kier alpha value is -2.70. The van der Waals surface area contributed by atoms with Gasteiger partial charge in [0.25, 0.3) is 5.95 Å². The molecule has 0 saturated carbocycles. The van der Waals surface area contributed by atoms with Crippen molar-refractivity contribution >= 4 is 5.95 Å². The Bertz CT molecular complexity index is 857. The third kappa shape index (κ3) is 2.79. The van der Waals surface area contributed by atoms with Crippen molar-refractivity contribution in [1.29, 1.82) is 0 Å². The summed E-state index contributed by atoms with van der Waals surface area (Å²) in [5.41, 5.74) is 8.50. The van der Waals surface area contributed by atoms with Crippen LogP contribution in [-0.2, 0) is 15.3 Å². The second-order valence-electron chi connectivity index (χ2n) is 6.02. The van der Waals surface area contributed by atoms with Gasteiger partial charge in [0.05, 0.1) is 19.1 Å². The summed E-state index contributed by atoms with van der Waals surface area (Å²) in [5, 5.41) is 3.67. The summed E-state index contributed by atoms with van der Waals surface area (Å²) in [6.45, 7) is 3.10. The maximum absolute atomic E-state index is 6.06. The van der Waals surface area contributed by atoms with E-state index < -0.39 is 5.79 Å². The Labute approximate surface area is 145 Å². The van der Waals surface area contributed by atoms with Crippen molar-refractivity contribution in [3.8, 4) is 0 Å². The number of rotatable bonds is 4. The highest BCUT2D eigenvalue weighted by molar-refractivity contribution is 5.38. The number of anilines is 1. The van der Waals surface area contributed by atoms with Crippen LogP contribution in [0.2, 0.25) is 0 Å². The molecule has 0 amide bonds. The minimum Gasteiger partial charge on any atom is -0.365 e. The molecule has 2 N–H and O–H groups in total. The predicted molar refractivity (Wildman–Crippen MR) is 91.8 cm³/mol. The van der Waals surface area contributed by atoms with Crippen molar-refractivity contribution in [3.63, 3.8) is 0 Å². The fourth-order valence-electron chi connectivity index (χ4n) is 3.15. The molecule has 1 saturated heterocycles. The molecule has 0 spiro atoms. The minimum absolute atomic E-state index is 0.0843. The third-order valence-corrected chi connectivity index (χ3v) is 4.44. The van der Waals surface area contributed by atoms with Crippen LogP contribution in [0.4, 0.5) is 5.95 Å². The molecule has 0 radical (unpaired) electrons. The van der Waals surface area contributed by atoms with Crippen molar-refractivity contribution < 1.29 is 14.0 Å². The summed E-state index contributed by atoms with van der Waals surface area (Å²) in [7, 11) is 0. The second-order valence-corrected chi connectivity index (χ2v) is 6.02. The number of nitrogen functional groups attached to an aromatic ring is 1. The molecule has 0 aliphatic carbocycles. The summed E-state index contributed by atoms with van der Waals surface area (Å²) in [6, 6.07) is 18.0. The smallest absolute Gasteiger partial charge is 0.260 e. The Balaban J connectivity index is 1.75. The highest BCUT2D eigenvalue weighted by Gasteiger charge is 2.40. The van der Waals surface area contributed by atoms with Crippen LogP contribution >= 0.6 is 0 Å². The van der Waals surface area contributed by atoms with E-state index in [1.165, 1.54) is 0 Å². The number of hydrogen-bond acceptors (Lipinski definition) is 6. The lowest BCUT2D eigenvalue weighted by molar-refractivity contribution is -0.129. The van der Waals surface area contributed by atoms with E-state index in [2.05, 4.69) is 16.2 Å². The zero-order chi connectivity index (χ0) is 17.3. The van der Waals surface area contributed by atoms with Crippen molar-refractivity contribution in [2.45, 2.75) is 18.6 Å². The predicted octanol–water partition coefficient (Wildman–Crippen LogP) is 3.05. The largest absolute Gasteiger partial charge is 0.365 e. The number of hydrogen-bond donors (Lipinski definition) is 1. The average molecular weight is 337 g/mol. The molecular weight excluding hydrogens is 318 g/mol. The van der Waals surface area contributed by atoms with E-state index in [4.69, 9.17) is 19.7 Å². The zero-order valence-corrected chi connectivity index (χ0v) is 13.9. The lowest BCUT2D eigenvalue weighted by Gasteiger charge is -2.29. The maximum Gasteiger partial charge on any atom is 0.260 e. The van der Waals surface area contributed by atoms with Crippen molar-refractivity contribution in [3.05, 3.63) is 77.2 Å². The van der Waals surface area contributed by atoms with E-state index in [9.17, 15) is 0 Å². The van der Waals surface area contributed by atoms with Crippen LogP contribution in [0.25, 0.3) is 0 Å². The minimum atomic E-state index is -0.884. The lowest BCUT2D eigenvalue weighted by atomic mass is 9.92. The van der Waals surface area contributed by atoms with Crippen LogP contribution < -0.4 is 5.73 Å². The molecule has 3 aromatic rings. The van der Waals surface area contributed by atoms with Crippen LogP contribution in [0.15, 0.2) is 59.1 Å². The first-order valence-electron chi connectivity index (χ1n) is 8.22. The molecule has 0 bridgehead atoms. The SMILES string of the molecule is CC(c1cccc(C2(c3ccccc3)OCCO2)c1)c1nc(N)no1. The van der Waals surface area contributed by atoms with Gasteiger partial charge in [-0.15, -0.1) is 0 Å².